The van der Waals surface area contributed by atoms with E-state index in [0.29, 0.717) is 19.0 Å². The third-order valence-corrected chi connectivity index (χ3v) is 7.87. The summed E-state index contributed by atoms with van der Waals surface area (Å²) in [6, 6.07) is 0. The van der Waals surface area contributed by atoms with Gasteiger partial charge < -0.3 is 0 Å². The summed E-state index contributed by atoms with van der Waals surface area (Å²) in [6.45, 7) is 2.26. The Morgan fingerprint density at radius 3 is 2.64 bits per heavy atom. The van der Waals surface area contributed by atoms with Crippen LogP contribution in [0.2, 0.25) is 0 Å². The molecule has 1 fully saturated rings. The Balaban J connectivity index is 2.36. The molecule has 1 saturated heterocycles. The molecular weight excluding hydrogens is 172 g/mol. The number of hydrogen-bond acceptors (Lipinski definition) is 0. The standard InChI is InChI=1S/C9H18S2/c1-4-5-6-9-7-8-10(2)11(9)3/h9H,2-8H2,1H3. The summed E-state index contributed by atoms with van der Waals surface area (Å²) in [6.07, 6.45) is 5.53. The van der Waals surface area contributed by atoms with Crippen molar-refractivity contribution in [3.8, 4) is 0 Å². The van der Waals surface area contributed by atoms with E-state index in [9.17, 15) is 0 Å². The molecule has 0 bridgehead atoms. The fraction of sp³-hybridized carbons (Fsp3) is 0.778. The zero-order valence-electron chi connectivity index (χ0n) is 7.34. The summed E-state index contributed by atoms with van der Waals surface area (Å²) >= 11 is 0. The zero-order valence-corrected chi connectivity index (χ0v) is 8.98. The predicted molar refractivity (Wildman–Crippen MR) is 62.2 cm³/mol. The van der Waals surface area contributed by atoms with Gasteiger partial charge in [0.2, 0.25) is 0 Å². The molecular formula is C9H18S2. The Labute approximate surface area is 74.6 Å². The van der Waals surface area contributed by atoms with Crippen molar-refractivity contribution in [1.29, 1.82) is 0 Å². The molecule has 0 radical (unpaired) electrons. The van der Waals surface area contributed by atoms with E-state index in [1.54, 1.807) is 0 Å². The Hall–Kier alpha value is 0.440. The molecule has 1 aliphatic heterocycles. The Morgan fingerprint density at radius 1 is 1.45 bits per heavy atom. The molecule has 0 nitrogen and oxygen atoms in total. The largest absolute Gasteiger partial charge is 0.142 e. The minimum Gasteiger partial charge on any atom is -0.142 e. The lowest BCUT2D eigenvalue weighted by molar-refractivity contribution is 0.679. The van der Waals surface area contributed by atoms with Crippen LogP contribution in [0.3, 0.4) is 0 Å². The molecule has 1 heterocycles. The maximum atomic E-state index is 4.23. The second-order valence-corrected chi connectivity index (χ2v) is 8.49. The topological polar surface area (TPSA) is 0 Å². The molecule has 3 atom stereocenters. The van der Waals surface area contributed by atoms with Gasteiger partial charge in [-0.05, 0) is 18.6 Å². The van der Waals surface area contributed by atoms with Crippen LogP contribution in [0.15, 0.2) is 0 Å². The van der Waals surface area contributed by atoms with Gasteiger partial charge in [-0.2, -0.15) is 0 Å². The van der Waals surface area contributed by atoms with Gasteiger partial charge in [-0.25, -0.2) is 0 Å². The first-order valence-corrected chi connectivity index (χ1v) is 7.83. The van der Waals surface area contributed by atoms with Crippen LogP contribution in [-0.4, -0.2) is 22.7 Å². The summed E-state index contributed by atoms with van der Waals surface area (Å²) in [7, 11) is 0.825. The first kappa shape index (κ1) is 9.53. The molecule has 0 aromatic carbocycles. The van der Waals surface area contributed by atoms with Crippen molar-refractivity contribution in [2.45, 2.75) is 37.9 Å². The molecule has 1 rings (SSSR count). The number of rotatable bonds is 3. The van der Waals surface area contributed by atoms with Crippen molar-refractivity contribution in [3.63, 3.8) is 0 Å². The van der Waals surface area contributed by atoms with Gasteiger partial charge in [0, 0.05) is 5.25 Å². The van der Waals surface area contributed by atoms with Gasteiger partial charge in [0.1, 0.15) is 0 Å². The molecule has 0 aromatic rings. The Bertz CT molecular complexity index is 172. The van der Waals surface area contributed by atoms with Crippen LogP contribution in [0, 0.1) is 0 Å². The molecule has 0 spiro atoms. The van der Waals surface area contributed by atoms with Crippen LogP contribution in [0.1, 0.15) is 32.6 Å². The lowest BCUT2D eigenvalue weighted by Crippen LogP contribution is -1.97. The molecule has 66 valence electrons. The van der Waals surface area contributed by atoms with Crippen molar-refractivity contribution in [2.24, 2.45) is 0 Å². The summed E-state index contributed by atoms with van der Waals surface area (Å²) in [4.78, 5) is 0. The molecule has 1 aliphatic rings. The van der Waals surface area contributed by atoms with Gasteiger partial charge in [-0.15, -0.1) is 19.0 Å². The van der Waals surface area contributed by atoms with Crippen molar-refractivity contribution in [1.82, 2.24) is 0 Å². The average molecular weight is 190 g/mol. The summed E-state index contributed by atoms with van der Waals surface area (Å²) < 4.78 is 0. The number of unbranched alkanes of at least 4 members (excludes halogenated alkanes) is 1. The second kappa shape index (κ2) is 4.46. The fourth-order valence-corrected chi connectivity index (χ4v) is 6.17. The normalized spacial score (nSPS) is 37.7. The van der Waals surface area contributed by atoms with Gasteiger partial charge in [0.25, 0.3) is 0 Å². The van der Waals surface area contributed by atoms with Gasteiger partial charge in [-0.3, -0.25) is 0 Å². The molecule has 2 heteroatoms. The van der Waals surface area contributed by atoms with Crippen LogP contribution in [0.4, 0.5) is 0 Å². The monoisotopic (exact) mass is 190 g/mol. The van der Waals surface area contributed by atoms with E-state index in [-0.39, 0.29) is 0 Å². The van der Waals surface area contributed by atoms with Gasteiger partial charge in [-0.1, -0.05) is 31.5 Å². The highest BCUT2D eigenvalue weighted by atomic mass is 33.1. The van der Waals surface area contributed by atoms with E-state index in [0.717, 1.165) is 5.25 Å². The highest BCUT2D eigenvalue weighted by molar-refractivity contribution is 8.89. The first-order valence-electron chi connectivity index (χ1n) is 4.29. The molecule has 11 heavy (non-hydrogen) atoms. The first-order chi connectivity index (χ1) is 5.25. The Kier molecular flexibility index (Phi) is 3.86. The maximum Gasteiger partial charge on any atom is 0.00904 e. The van der Waals surface area contributed by atoms with Crippen molar-refractivity contribution < 1.29 is 0 Å². The van der Waals surface area contributed by atoms with Crippen molar-refractivity contribution in [2.75, 3.05) is 5.75 Å². The molecule has 0 amide bonds. The van der Waals surface area contributed by atoms with Crippen LogP contribution in [0.25, 0.3) is 0 Å². The minimum absolute atomic E-state index is 0.410. The van der Waals surface area contributed by atoms with Crippen LogP contribution in [-0.2, 0) is 0 Å². The predicted octanol–water partition coefficient (Wildman–Crippen LogP) is 3.27. The highest BCUT2D eigenvalue weighted by Gasteiger charge is 2.19. The molecule has 0 saturated carbocycles. The van der Waals surface area contributed by atoms with Crippen molar-refractivity contribution >= 4 is 30.8 Å². The fourth-order valence-electron chi connectivity index (χ4n) is 1.40. The van der Waals surface area contributed by atoms with E-state index in [1.165, 1.54) is 31.4 Å². The van der Waals surface area contributed by atoms with Crippen LogP contribution >= 0.6 is 19.0 Å². The van der Waals surface area contributed by atoms with Gasteiger partial charge >= 0.3 is 0 Å². The average Bonchev–Trinajstić information content (AvgIpc) is 2.31. The van der Waals surface area contributed by atoms with Crippen molar-refractivity contribution in [3.05, 3.63) is 0 Å². The second-order valence-electron chi connectivity index (χ2n) is 3.08. The molecule has 3 unspecified atom stereocenters. The van der Waals surface area contributed by atoms with E-state index in [1.807, 2.05) is 0 Å². The lowest BCUT2D eigenvalue weighted by Gasteiger charge is -2.10. The highest BCUT2D eigenvalue weighted by Crippen LogP contribution is 2.49. The minimum atomic E-state index is 0.410. The van der Waals surface area contributed by atoms with Gasteiger partial charge in [0.05, 0.1) is 0 Å². The quantitative estimate of drug-likeness (QED) is 0.473. The van der Waals surface area contributed by atoms with Crippen LogP contribution < -0.4 is 0 Å². The Morgan fingerprint density at radius 2 is 2.18 bits per heavy atom. The van der Waals surface area contributed by atoms with E-state index in [4.69, 9.17) is 0 Å². The molecule has 0 aliphatic carbocycles. The summed E-state index contributed by atoms with van der Waals surface area (Å²) in [5, 5.41) is 0.927. The SMILES string of the molecule is C=S1CCC(CCCC)S1=C. The number of hydrogen-bond donors (Lipinski definition) is 0. The molecule has 0 N–H and O–H groups in total. The summed E-state index contributed by atoms with van der Waals surface area (Å²) in [5.74, 6) is 9.73. The maximum absolute atomic E-state index is 4.23. The van der Waals surface area contributed by atoms with Crippen LogP contribution in [0.5, 0.6) is 0 Å². The van der Waals surface area contributed by atoms with E-state index in [2.05, 4.69) is 18.7 Å². The third kappa shape index (κ3) is 2.45. The zero-order chi connectivity index (χ0) is 8.27. The summed E-state index contributed by atoms with van der Waals surface area (Å²) in [5.41, 5.74) is 0. The van der Waals surface area contributed by atoms with E-state index < -0.39 is 0 Å². The van der Waals surface area contributed by atoms with E-state index >= 15 is 0 Å². The van der Waals surface area contributed by atoms with Gasteiger partial charge in [0.15, 0.2) is 0 Å². The third-order valence-electron chi connectivity index (χ3n) is 2.22. The lowest BCUT2D eigenvalue weighted by atomic mass is 10.2. The smallest absolute Gasteiger partial charge is 0.00904 e. The molecule has 0 aromatic heterocycles.